The molecule has 0 spiro atoms. The van der Waals surface area contributed by atoms with Crippen LogP contribution in [0.25, 0.3) is 0 Å². The summed E-state index contributed by atoms with van der Waals surface area (Å²) in [6.07, 6.45) is 6.86. The van der Waals surface area contributed by atoms with Gasteiger partial charge in [-0.1, -0.05) is 12.1 Å². The Morgan fingerprint density at radius 3 is 2.19 bits per heavy atom. The second kappa shape index (κ2) is 9.58. The molecule has 4 saturated carbocycles. The molecule has 37 heavy (non-hydrogen) atoms. The highest BCUT2D eigenvalue weighted by atomic mass is 16.4. The highest BCUT2D eigenvalue weighted by Gasteiger charge is 2.54. The number of amides is 3. The number of anilines is 1. The number of carbonyl (C=O) groups is 5. The topological polar surface area (TPSA) is 124 Å². The molecule has 2 atom stereocenters. The van der Waals surface area contributed by atoms with Crippen LogP contribution in [0.5, 0.6) is 0 Å². The summed E-state index contributed by atoms with van der Waals surface area (Å²) in [7, 11) is 1.62. The van der Waals surface area contributed by atoms with Crippen LogP contribution in [0.15, 0.2) is 24.3 Å². The molecule has 0 saturated heterocycles. The Morgan fingerprint density at radius 1 is 1.03 bits per heavy atom. The molecule has 3 amide bonds. The average molecular weight is 510 g/mol. The number of para-hydroxylation sites is 1. The van der Waals surface area contributed by atoms with Gasteiger partial charge < -0.3 is 20.2 Å². The first-order chi connectivity index (χ1) is 17.6. The molecule has 2 N–H and O–H groups in total. The Balaban J connectivity index is 1.58. The molecule has 1 aromatic rings. The fourth-order valence-corrected chi connectivity index (χ4v) is 8.14. The number of ketones is 1. The fraction of sp³-hybridized carbons (Fsp3) is 0.607. The van der Waals surface area contributed by atoms with Gasteiger partial charge in [0.05, 0.1) is 5.69 Å². The van der Waals surface area contributed by atoms with Crippen molar-refractivity contribution in [3.05, 3.63) is 29.8 Å². The molecule has 198 valence electrons. The maximum absolute atomic E-state index is 14.2. The smallest absolute Gasteiger partial charge is 0.322 e. The zero-order valence-corrected chi connectivity index (χ0v) is 21.4. The van der Waals surface area contributed by atoms with Crippen molar-refractivity contribution in [2.24, 2.45) is 23.2 Å². The minimum absolute atomic E-state index is 0.0801. The summed E-state index contributed by atoms with van der Waals surface area (Å²) in [5.74, 6) is -1.25. The van der Waals surface area contributed by atoms with Crippen LogP contribution in [0.3, 0.4) is 0 Å². The van der Waals surface area contributed by atoms with Gasteiger partial charge in [-0.05, 0) is 80.2 Å². The van der Waals surface area contributed by atoms with Crippen LogP contribution >= 0.6 is 0 Å². The molecule has 0 unspecified atom stereocenters. The second-order valence-corrected chi connectivity index (χ2v) is 11.7. The van der Waals surface area contributed by atoms with E-state index in [1.807, 2.05) is 0 Å². The number of hydrogen-bond acceptors (Lipinski definition) is 5. The Morgan fingerprint density at radius 2 is 1.62 bits per heavy atom. The van der Waals surface area contributed by atoms with Crippen LogP contribution < -0.4 is 10.2 Å². The number of rotatable bonds is 5. The van der Waals surface area contributed by atoms with Crippen LogP contribution in [0.2, 0.25) is 0 Å². The SMILES string of the molecule is CC(=O)N1[C@H](CC23CC4CC(CC(C4)C2)C3)C(=O)N(C)c2ccccc2C(=O)C[C@H]1C(=O)NCC(=O)O. The quantitative estimate of drug-likeness (QED) is 0.629. The maximum Gasteiger partial charge on any atom is 0.322 e. The molecule has 0 aromatic heterocycles. The lowest BCUT2D eigenvalue weighted by Gasteiger charge is -2.58. The zero-order valence-electron chi connectivity index (χ0n) is 21.4. The Hall–Kier alpha value is -3.23. The third-order valence-electron chi connectivity index (χ3n) is 9.10. The van der Waals surface area contributed by atoms with Crippen molar-refractivity contribution < 1.29 is 29.1 Å². The number of nitrogens with zero attached hydrogens (tertiary/aromatic N) is 2. The van der Waals surface area contributed by atoms with Gasteiger partial charge in [-0.3, -0.25) is 24.0 Å². The van der Waals surface area contributed by atoms with Crippen LogP contribution in [0.1, 0.15) is 68.6 Å². The molecule has 6 rings (SSSR count). The van der Waals surface area contributed by atoms with Gasteiger partial charge in [0.25, 0.3) is 0 Å². The first-order valence-electron chi connectivity index (χ1n) is 13.2. The van der Waals surface area contributed by atoms with Crippen LogP contribution in [0, 0.1) is 23.2 Å². The first-order valence-corrected chi connectivity index (χ1v) is 13.2. The molecule has 1 aromatic carbocycles. The van der Waals surface area contributed by atoms with E-state index in [2.05, 4.69) is 5.32 Å². The summed E-state index contributed by atoms with van der Waals surface area (Å²) in [5, 5.41) is 11.5. The molecule has 0 radical (unpaired) electrons. The van der Waals surface area contributed by atoms with Crippen molar-refractivity contribution >= 4 is 35.2 Å². The third-order valence-corrected chi connectivity index (χ3v) is 9.10. The average Bonchev–Trinajstić information content (AvgIpc) is 2.86. The normalized spacial score (nSPS) is 32.9. The van der Waals surface area contributed by atoms with E-state index >= 15 is 0 Å². The largest absolute Gasteiger partial charge is 0.480 e. The van der Waals surface area contributed by atoms with Gasteiger partial charge in [0.15, 0.2) is 5.78 Å². The minimum Gasteiger partial charge on any atom is -0.480 e. The number of carboxylic acid groups (broad SMARTS) is 1. The van der Waals surface area contributed by atoms with Gasteiger partial charge in [0.1, 0.15) is 18.6 Å². The summed E-state index contributed by atoms with van der Waals surface area (Å²) in [6.45, 7) is 0.673. The van der Waals surface area contributed by atoms with Crippen molar-refractivity contribution in [3.8, 4) is 0 Å². The van der Waals surface area contributed by atoms with Crippen LogP contribution in [0.4, 0.5) is 5.69 Å². The van der Waals surface area contributed by atoms with E-state index < -0.39 is 36.4 Å². The lowest BCUT2D eigenvalue weighted by Crippen LogP contribution is -2.60. The molecule has 5 aliphatic rings. The summed E-state index contributed by atoms with van der Waals surface area (Å²) in [5.41, 5.74) is 0.667. The number of benzene rings is 1. The van der Waals surface area contributed by atoms with Crippen molar-refractivity contribution in [1.82, 2.24) is 10.2 Å². The van der Waals surface area contributed by atoms with Gasteiger partial charge in [-0.2, -0.15) is 0 Å². The van der Waals surface area contributed by atoms with Gasteiger partial charge in [-0.25, -0.2) is 0 Å². The second-order valence-electron chi connectivity index (χ2n) is 11.7. The summed E-state index contributed by atoms with van der Waals surface area (Å²) in [4.78, 5) is 68.0. The standard InChI is InChI=1S/C28H35N3O6/c1-16(32)31-22(26(36)29-15-25(34)35)10-24(33)20-5-3-4-6-21(20)30(2)27(37)23(31)14-28-11-17-7-18(12-28)9-19(8-17)13-28/h3-6,17-19,22-23H,7-15H2,1-2H3,(H,29,36)(H,34,35)/t17?,18?,19?,22-,23+,28?/m0/s1. The first kappa shape index (κ1) is 25.4. The molecular weight excluding hydrogens is 474 g/mol. The Kier molecular flexibility index (Phi) is 6.58. The van der Waals surface area contributed by atoms with E-state index in [9.17, 15) is 24.0 Å². The van der Waals surface area contributed by atoms with Gasteiger partial charge in [-0.15, -0.1) is 0 Å². The van der Waals surface area contributed by atoms with Crippen LogP contribution in [-0.4, -0.2) is 65.2 Å². The van der Waals surface area contributed by atoms with Crippen LogP contribution in [-0.2, 0) is 19.2 Å². The lowest BCUT2D eigenvalue weighted by atomic mass is 9.48. The fourth-order valence-electron chi connectivity index (χ4n) is 8.14. The van der Waals surface area contributed by atoms with Crippen molar-refractivity contribution in [3.63, 3.8) is 0 Å². The van der Waals surface area contributed by atoms with Gasteiger partial charge >= 0.3 is 5.97 Å². The minimum atomic E-state index is -1.29. The molecule has 9 nitrogen and oxygen atoms in total. The van der Waals surface area contributed by atoms with E-state index in [0.717, 1.165) is 19.3 Å². The lowest BCUT2D eigenvalue weighted by molar-refractivity contribution is -0.149. The molecule has 1 aliphatic heterocycles. The Bertz CT molecular complexity index is 1110. The van der Waals surface area contributed by atoms with E-state index in [4.69, 9.17) is 5.11 Å². The third kappa shape index (κ3) is 4.76. The number of Topliss-reactive ketones (excluding diaryl/α,β-unsaturated/α-hetero) is 1. The van der Waals surface area contributed by atoms with Crippen molar-refractivity contribution in [2.75, 3.05) is 18.5 Å². The molecule has 4 aliphatic carbocycles. The number of likely N-dealkylation sites (N-methyl/N-ethyl adjacent to an activating group) is 1. The predicted octanol–water partition coefficient (Wildman–Crippen LogP) is 2.63. The summed E-state index contributed by atoms with van der Waals surface area (Å²) >= 11 is 0. The number of carbonyl (C=O) groups excluding carboxylic acids is 4. The molecule has 9 heteroatoms. The van der Waals surface area contributed by atoms with Gasteiger partial charge in [0, 0.05) is 26.0 Å². The summed E-state index contributed by atoms with van der Waals surface area (Å²) < 4.78 is 0. The molecule has 1 heterocycles. The van der Waals surface area contributed by atoms with E-state index in [0.29, 0.717) is 35.4 Å². The van der Waals surface area contributed by atoms with E-state index in [1.54, 1.807) is 31.3 Å². The zero-order chi connectivity index (χ0) is 26.5. The number of fused-ring (bicyclic) bond motifs is 1. The van der Waals surface area contributed by atoms with E-state index in [1.165, 1.54) is 36.0 Å². The number of aliphatic carboxylic acids is 1. The Labute approximate surface area is 216 Å². The van der Waals surface area contributed by atoms with Gasteiger partial charge in [0.2, 0.25) is 17.7 Å². The summed E-state index contributed by atoms with van der Waals surface area (Å²) in [6, 6.07) is 4.55. The molecule has 4 fully saturated rings. The molecular formula is C28H35N3O6. The number of hydrogen-bond donors (Lipinski definition) is 2. The molecule has 4 bridgehead atoms. The van der Waals surface area contributed by atoms with E-state index in [-0.39, 0.29) is 23.5 Å². The monoisotopic (exact) mass is 509 g/mol. The highest BCUT2D eigenvalue weighted by Crippen LogP contribution is 2.62. The number of nitrogens with one attached hydrogen (secondary N) is 1. The highest BCUT2D eigenvalue weighted by molar-refractivity contribution is 6.10. The number of carboxylic acids is 1. The predicted molar refractivity (Wildman–Crippen MR) is 135 cm³/mol. The maximum atomic E-state index is 14.2. The van der Waals surface area contributed by atoms with Crippen molar-refractivity contribution in [1.29, 1.82) is 0 Å². The van der Waals surface area contributed by atoms with Crippen molar-refractivity contribution in [2.45, 2.75) is 70.4 Å².